The lowest BCUT2D eigenvalue weighted by molar-refractivity contribution is -0.134. The number of carbonyl (C=O) groups is 1. The SMILES string of the molecule is CCC(C=CCCC(=O)Oc1ccccc1)OC. The average molecular weight is 248 g/mol. The van der Waals surface area contributed by atoms with Crippen LogP contribution in [0.15, 0.2) is 42.5 Å². The van der Waals surface area contributed by atoms with Gasteiger partial charge in [-0.25, -0.2) is 0 Å². The predicted octanol–water partition coefficient (Wildman–Crippen LogP) is 3.35. The maximum absolute atomic E-state index is 11.5. The highest BCUT2D eigenvalue weighted by Gasteiger charge is 2.03. The van der Waals surface area contributed by atoms with Crippen molar-refractivity contribution in [2.24, 2.45) is 0 Å². The Balaban J connectivity index is 2.25. The summed E-state index contributed by atoms with van der Waals surface area (Å²) in [6.07, 6.45) is 6.06. The molecule has 1 aromatic rings. The Morgan fingerprint density at radius 1 is 1.33 bits per heavy atom. The van der Waals surface area contributed by atoms with Crippen molar-refractivity contribution in [3.8, 4) is 5.75 Å². The molecular weight excluding hydrogens is 228 g/mol. The summed E-state index contributed by atoms with van der Waals surface area (Å²) in [5.74, 6) is 0.381. The van der Waals surface area contributed by atoms with Crippen molar-refractivity contribution >= 4 is 5.97 Å². The molecule has 0 saturated carbocycles. The van der Waals surface area contributed by atoms with E-state index in [4.69, 9.17) is 9.47 Å². The molecule has 0 heterocycles. The highest BCUT2D eigenvalue weighted by molar-refractivity contribution is 5.72. The standard InChI is InChI=1S/C15H20O3/c1-3-13(17-2)9-7-8-12-15(16)18-14-10-5-4-6-11-14/h4-7,9-11,13H,3,8,12H2,1-2H3. The molecule has 1 unspecified atom stereocenters. The monoisotopic (exact) mass is 248 g/mol. The van der Waals surface area contributed by atoms with Gasteiger partial charge in [0.25, 0.3) is 0 Å². The van der Waals surface area contributed by atoms with Gasteiger partial charge in [-0.15, -0.1) is 0 Å². The molecule has 0 aliphatic heterocycles. The largest absolute Gasteiger partial charge is 0.427 e. The van der Waals surface area contributed by atoms with Crippen LogP contribution in [0.3, 0.4) is 0 Å². The Bertz CT molecular complexity index is 367. The minimum absolute atomic E-state index is 0.134. The van der Waals surface area contributed by atoms with Gasteiger partial charge in [0.1, 0.15) is 5.75 Å². The van der Waals surface area contributed by atoms with Gasteiger partial charge in [-0.2, -0.15) is 0 Å². The third-order valence-corrected chi connectivity index (χ3v) is 2.55. The number of esters is 1. The smallest absolute Gasteiger partial charge is 0.311 e. The summed E-state index contributed by atoms with van der Waals surface area (Å²) < 4.78 is 10.4. The minimum Gasteiger partial charge on any atom is -0.427 e. The number of benzene rings is 1. The fourth-order valence-corrected chi connectivity index (χ4v) is 1.50. The van der Waals surface area contributed by atoms with Crippen molar-refractivity contribution in [1.82, 2.24) is 0 Å². The summed E-state index contributed by atoms with van der Waals surface area (Å²) in [6.45, 7) is 2.06. The molecule has 1 aromatic carbocycles. The zero-order chi connectivity index (χ0) is 13.2. The molecule has 0 aliphatic carbocycles. The van der Waals surface area contributed by atoms with Gasteiger partial charge < -0.3 is 9.47 Å². The van der Waals surface area contributed by atoms with Crippen molar-refractivity contribution < 1.29 is 14.3 Å². The molecule has 98 valence electrons. The highest BCUT2D eigenvalue weighted by atomic mass is 16.5. The minimum atomic E-state index is -0.212. The van der Waals surface area contributed by atoms with Gasteiger partial charge in [-0.05, 0) is 25.0 Å². The van der Waals surface area contributed by atoms with E-state index in [9.17, 15) is 4.79 Å². The van der Waals surface area contributed by atoms with Crippen LogP contribution in [0.1, 0.15) is 26.2 Å². The summed E-state index contributed by atoms with van der Waals surface area (Å²) >= 11 is 0. The molecule has 0 N–H and O–H groups in total. The van der Waals surface area contributed by atoms with E-state index in [-0.39, 0.29) is 12.1 Å². The number of methoxy groups -OCH3 is 1. The van der Waals surface area contributed by atoms with Gasteiger partial charge in [-0.3, -0.25) is 4.79 Å². The van der Waals surface area contributed by atoms with Gasteiger partial charge in [0.2, 0.25) is 0 Å². The van der Waals surface area contributed by atoms with E-state index in [2.05, 4.69) is 6.92 Å². The first-order chi connectivity index (χ1) is 8.76. The normalized spacial score (nSPS) is 12.6. The average Bonchev–Trinajstić information content (AvgIpc) is 2.40. The molecule has 0 spiro atoms. The zero-order valence-electron chi connectivity index (χ0n) is 11.0. The fourth-order valence-electron chi connectivity index (χ4n) is 1.50. The first-order valence-electron chi connectivity index (χ1n) is 6.21. The molecule has 1 atom stereocenters. The molecule has 3 heteroatoms. The number of ether oxygens (including phenoxy) is 2. The van der Waals surface area contributed by atoms with E-state index in [1.807, 2.05) is 30.4 Å². The zero-order valence-corrected chi connectivity index (χ0v) is 11.0. The van der Waals surface area contributed by atoms with E-state index in [1.165, 1.54) is 0 Å². The van der Waals surface area contributed by atoms with Crippen molar-refractivity contribution in [2.45, 2.75) is 32.3 Å². The van der Waals surface area contributed by atoms with Crippen LogP contribution in [-0.2, 0) is 9.53 Å². The molecule has 18 heavy (non-hydrogen) atoms. The van der Waals surface area contributed by atoms with Crippen LogP contribution < -0.4 is 4.74 Å². The number of allylic oxidation sites excluding steroid dienone is 1. The summed E-state index contributed by atoms with van der Waals surface area (Å²) in [4.78, 5) is 11.5. The van der Waals surface area contributed by atoms with Crippen LogP contribution in [0, 0.1) is 0 Å². The van der Waals surface area contributed by atoms with Crippen molar-refractivity contribution in [3.63, 3.8) is 0 Å². The molecule has 1 rings (SSSR count). The lowest BCUT2D eigenvalue weighted by Crippen LogP contribution is -2.07. The summed E-state index contributed by atoms with van der Waals surface area (Å²) in [7, 11) is 1.68. The number of hydrogen-bond donors (Lipinski definition) is 0. The third-order valence-electron chi connectivity index (χ3n) is 2.55. The van der Waals surface area contributed by atoms with Gasteiger partial charge in [0.15, 0.2) is 0 Å². The maximum atomic E-state index is 11.5. The highest BCUT2D eigenvalue weighted by Crippen LogP contribution is 2.10. The van der Waals surface area contributed by atoms with Crippen molar-refractivity contribution in [3.05, 3.63) is 42.5 Å². The molecule has 0 aromatic heterocycles. The number of rotatable bonds is 7. The van der Waals surface area contributed by atoms with E-state index < -0.39 is 0 Å². The van der Waals surface area contributed by atoms with Crippen LogP contribution in [0.5, 0.6) is 5.75 Å². The summed E-state index contributed by atoms with van der Waals surface area (Å²) in [6, 6.07) is 9.10. The second-order valence-corrected chi connectivity index (χ2v) is 3.94. The van der Waals surface area contributed by atoms with Crippen LogP contribution in [-0.4, -0.2) is 19.2 Å². The second-order valence-electron chi connectivity index (χ2n) is 3.94. The molecule has 3 nitrogen and oxygen atoms in total. The van der Waals surface area contributed by atoms with Crippen LogP contribution in [0.4, 0.5) is 0 Å². The lowest BCUT2D eigenvalue weighted by Gasteiger charge is -2.06. The van der Waals surface area contributed by atoms with E-state index in [0.717, 1.165) is 6.42 Å². The van der Waals surface area contributed by atoms with Gasteiger partial charge in [0, 0.05) is 13.5 Å². The molecule has 0 saturated heterocycles. The Hall–Kier alpha value is -1.61. The van der Waals surface area contributed by atoms with Crippen LogP contribution >= 0.6 is 0 Å². The molecule has 0 bridgehead atoms. The molecule has 0 aliphatic rings. The second kappa shape index (κ2) is 8.48. The van der Waals surface area contributed by atoms with Gasteiger partial charge >= 0.3 is 5.97 Å². The van der Waals surface area contributed by atoms with Crippen LogP contribution in [0.25, 0.3) is 0 Å². The third kappa shape index (κ3) is 5.64. The topological polar surface area (TPSA) is 35.5 Å². The Kier molecular flexibility index (Phi) is 6.81. The number of para-hydroxylation sites is 1. The molecule has 0 radical (unpaired) electrons. The summed E-state index contributed by atoms with van der Waals surface area (Å²) in [5.41, 5.74) is 0. The molecule has 0 fully saturated rings. The van der Waals surface area contributed by atoms with E-state index >= 15 is 0 Å². The first kappa shape index (κ1) is 14.5. The molecular formula is C15H20O3. The first-order valence-corrected chi connectivity index (χ1v) is 6.21. The van der Waals surface area contributed by atoms with Gasteiger partial charge in [-0.1, -0.05) is 37.3 Å². The summed E-state index contributed by atoms with van der Waals surface area (Å²) in [5, 5.41) is 0. The van der Waals surface area contributed by atoms with Crippen molar-refractivity contribution in [1.29, 1.82) is 0 Å². The number of hydrogen-bond acceptors (Lipinski definition) is 3. The molecule has 0 amide bonds. The quantitative estimate of drug-likeness (QED) is 0.421. The lowest BCUT2D eigenvalue weighted by atomic mass is 10.2. The maximum Gasteiger partial charge on any atom is 0.311 e. The number of carbonyl (C=O) groups excluding carboxylic acids is 1. The Morgan fingerprint density at radius 3 is 2.67 bits per heavy atom. The fraction of sp³-hybridized carbons (Fsp3) is 0.400. The van der Waals surface area contributed by atoms with E-state index in [0.29, 0.717) is 18.6 Å². The predicted molar refractivity (Wildman–Crippen MR) is 71.5 cm³/mol. The Morgan fingerprint density at radius 2 is 2.06 bits per heavy atom. The van der Waals surface area contributed by atoms with E-state index in [1.54, 1.807) is 19.2 Å². The Labute approximate surface area is 108 Å². The van der Waals surface area contributed by atoms with Crippen LogP contribution in [0.2, 0.25) is 0 Å². The van der Waals surface area contributed by atoms with Gasteiger partial charge in [0.05, 0.1) is 6.10 Å². The van der Waals surface area contributed by atoms with Crippen molar-refractivity contribution in [2.75, 3.05) is 7.11 Å².